The molecule has 0 fully saturated rings. The fourth-order valence-electron chi connectivity index (χ4n) is 1.30. The van der Waals surface area contributed by atoms with Gasteiger partial charge in [-0.25, -0.2) is 0 Å². The monoisotopic (exact) mass is 300 g/mol. The number of methoxy groups -OCH3 is 1. The predicted molar refractivity (Wildman–Crippen MR) is 66.4 cm³/mol. The van der Waals surface area contributed by atoms with Gasteiger partial charge in [-0.15, -0.1) is 5.46 Å². The van der Waals surface area contributed by atoms with E-state index in [1.807, 2.05) is 13.8 Å². The minimum atomic E-state index is -4.93. The van der Waals surface area contributed by atoms with E-state index in [2.05, 4.69) is 0 Å². The van der Waals surface area contributed by atoms with Crippen LogP contribution in [-0.2, 0) is 4.74 Å². The zero-order valence-electron chi connectivity index (χ0n) is 11.8. The van der Waals surface area contributed by atoms with Crippen molar-refractivity contribution >= 4 is 12.4 Å². The average Bonchev–Trinajstić information content (AvgIpc) is 2.28. The molecule has 2 nitrogen and oxygen atoms in total. The quantitative estimate of drug-likeness (QED) is 0.685. The summed E-state index contributed by atoms with van der Waals surface area (Å²) in [5.74, 6) is 0.436. The van der Waals surface area contributed by atoms with Crippen molar-refractivity contribution in [3.8, 4) is 5.75 Å². The van der Waals surface area contributed by atoms with Gasteiger partial charge in [-0.2, -0.15) is 0 Å². The Morgan fingerprint density at radius 2 is 1.63 bits per heavy atom. The summed E-state index contributed by atoms with van der Waals surface area (Å²) in [7, 11) is 1.61. The van der Waals surface area contributed by atoms with Crippen LogP contribution in [0.3, 0.4) is 0 Å². The van der Waals surface area contributed by atoms with Gasteiger partial charge in [-0.1, -0.05) is 12.1 Å². The smallest absolute Gasteiger partial charge is 0.493 e. The molecular formula is C12H17BF3KO2. The van der Waals surface area contributed by atoms with E-state index in [1.165, 1.54) is 12.1 Å². The first-order valence-electron chi connectivity index (χ1n) is 5.72. The van der Waals surface area contributed by atoms with Crippen LogP contribution in [0.15, 0.2) is 24.3 Å². The third-order valence-electron chi connectivity index (χ3n) is 2.78. The molecule has 0 heterocycles. The van der Waals surface area contributed by atoms with E-state index in [0.29, 0.717) is 18.8 Å². The van der Waals surface area contributed by atoms with Crippen molar-refractivity contribution in [2.45, 2.75) is 25.9 Å². The van der Waals surface area contributed by atoms with Gasteiger partial charge >= 0.3 is 58.4 Å². The van der Waals surface area contributed by atoms with Gasteiger partial charge in [0.05, 0.1) is 12.2 Å². The molecule has 1 aromatic carbocycles. The molecule has 0 spiro atoms. The fourth-order valence-corrected chi connectivity index (χ4v) is 1.30. The molecule has 1 aromatic rings. The Morgan fingerprint density at radius 1 is 1.11 bits per heavy atom. The molecule has 19 heavy (non-hydrogen) atoms. The second kappa shape index (κ2) is 8.05. The predicted octanol–water partition coefficient (Wildman–Crippen LogP) is -0.0611. The summed E-state index contributed by atoms with van der Waals surface area (Å²) in [5, 5.41) is 0. The van der Waals surface area contributed by atoms with Crippen LogP contribution < -0.4 is 61.6 Å². The van der Waals surface area contributed by atoms with Gasteiger partial charge in [0.15, 0.2) is 0 Å². The number of hydrogen-bond donors (Lipinski definition) is 0. The van der Waals surface area contributed by atoms with Gasteiger partial charge in [-0.05, 0) is 26.0 Å². The maximum absolute atomic E-state index is 12.4. The van der Waals surface area contributed by atoms with Crippen molar-refractivity contribution in [2.24, 2.45) is 0 Å². The minimum Gasteiger partial charge on any atom is -0.493 e. The van der Waals surface area contributed by atoms with Crippen LogP contribution in [0.4, 0.5) is 12.9 Å². The van der Waals surface area contributed by atoms with Crippen LogP contribution in [0.1, 0.15) is 20.3 Å². The summed E-state index contributed by atoms with van der Waals surface area (Å²) in [5.41, 5.74) is -0.908. The molecule has 0 amide bonds. The van der Waals surface area contributed by atoms with E-state index in [9.17, 15) is 12.9 Å². The maximum atomic E-state index is 12.4. The molecule has 0 unspecified atom stereocenters. The summed E-state index contributed by atoms with van der Waals surface area (Å²) in [6.07, 6.45) is 0.661. The van der Waals surface area contributed by atoms with Gasteiger partial charge in [0.25, 0.3) is 0 Å². The van der Waals surface area contributed by atoms with E-state index in [4.69, 9.17) is 9.47 Å². The first-order valence-corrected chi connectivity index (χ1v) is 5.72. The van der Waals surface area contributed by atoms with Crippen molar-refractivity contribution in [1.82, 2.24) is 0 Å². The van der Waals surface area contributed by atoms with Crippen molar-refractivity contribution in [1.29, 1.82) is 0 Å². The molecule has 0 saturated carbocycles. The normalized spacial score (nSPS) is 11.9. The Morgan fingerprint density at radius 3 is 2.05 bits per heavy atom. The van der Waals surface area contributed by atoms with Crippen LogP contribution in [0.2, 0.25) is 0 Å². The Bertz CT molecular complexity index is 380. The van der Waals surface area contributed by atoms with Crippen molar-refractivity contribution < 1.29 is 73.8 Å². The van der Waals surface area contributed by atoms with Crippen LogP contribution in [0.5, 0.6) is 5.75 Å². The minimum absolute atomic E-state index is 0. The molecule has 1 rings (SSSR count). The molecule has 7 heteroatoms. The Kier molecular flexibility index (Phi) is 8.25. The van der Waals surface area contributed by atoms with E-state index in [-0.39, 0.29) is 57.0 Å². The molecule has 0 aromatic heterocycles. The van der Waals surface area contributed by atoms with E-state index in [1.54, 1.807) is 7.11 Å². The van der Waals surface area contributed by atoms with Gasteiger partial charge in [0, 0.05) is 13.5 Å². The van der Waals surface area contributed by atoms with Gasteiger partial charge in [0.1, 0.15) is 5.75 Å². The molecule has 0 bridgehead atoms. The average molecular weight is 300 g/mol. The second-order valence-electron chi connectivity index (χ2n) is 4.71. The summed E-state index contributed by atoms with van der Waals surface area (Å²) in [4.78, 5) is 0. The zero-order valence-corrected chi connectivity index (χ0v) is 14.9. The molecule has 102 valence electrons. The molecule has 0 aliphatic rings. The molecule has 0 aliphatic heterocycles. The van der Waals surface area contributed by atoms with E-state index < -0.39 is 12.4 Å². The molecule has 0 radical (unpaired) electrons. The van der Waals surface area contributed by atoms with Crippen molar-refractivity contribution in [3.05, 3.63) is 24.3 Å². The Hall–Kier alpha value is 0.471. The molecular weight excluding hydrogens is 283 g/mol. The molecule has 0 N–H and O–H groups in total. The number of ether oxygens (including phenoxy) is 2. The number of hydrogen-bond acceptors (Lipinski definition) is 2. The molecule has 0 atom stereocenters. The van der Waals surface area contributed by atoms with Gasteiger partial charge in [0.2, 0.25) is 0 Å². The summed E-state index contributed by atoms with van der Waals surface area (Å²) >= 11 is 0. The third kappa shape index (κ3) is 7.15. The topological polar surface area (TPSA) is 18.5 Å². The second-order valence-corrected chi connectivity index (χ2v) is 4.71. The molecule has 0 saturated heterocycles. The Balaban J connectivity index is 0.00000324. The molecule has 0 aliphatic carbocycles. The SMILES string of the molecule is COC(C)(C)CCOc1ccc([B-](F)(F)F)cc1.[K+]. The van der Waals surface area contributed by atoms with E-state index in [0.717, 1.165) is 12.1 Å². The Labute approximate surface area is 154 Å². The van der Waals surface area contributed by atoms with Crippen LogP contribution in [0.25, 0.3) is 0 Å². The van der Waals surface area contributed by atoms with Gasteiger partial charge in [-0.3, -0.25) is 0 Å². The number of rotatable bonds is 6. The fraction of sp³-hybridized carbons (Fsp3) is 0.500. The summed E-state index contributed by atoms with van der Waals surface area (Å²) in [6.45, 7) is -0.690. The largest absolute Gasteiger partial charge is 1.00 e. The number of benzene rings is 1. The maximum Gasteiger partial charge on any atom is 1.00 e. The number of halogens is 3. The summed E-state index contributed by atoms with van der Waals surface area (Å²) < 4.78 is 47.7. The van der Waals surface area contributed by atoms with Gasteiger partial charge < -0.3 is 22.4 Å². The van der Waals surface area contributed by atoms with Crippen molar-refractivity contribution in [3.63, 3.8) is 0 Å². The van der Waals surface area contributed by atoms with E-state index >= 15 is 0 Å². The van der Waals surface area contributed by atoms with Crippen LogP contribution in [0, 0.1) is 0 Å². The standard InChI is InChI=1S/C12H17BF3O2.K/c1-12(2,17-3)8-9-18-11-6-4-10(5-7-11)13(14,15)16;/h4-7H,8-9H2,1-3H3;/q-1;+1. The first kappa shape index (κ1) is 19.5. The van der Waals surface area contributed by atoms with Crippen molar-refractivity contribution in [2.75, 3.05) is 13.7 Å². The van der Waals surface area contributed by atoms with Crippen LogP contribution in [-0.4, -0.2) is 26.3 Å². The zero-order chi connectivity index (χ0) is 13.8. The first-order chi connectivity index (χ1) is 8.24. The third-order valence-corrected chi connectivity index (χ3v) is 2.78. The summed E-state index contributed by atoms with van der Waals surface area (Å²) in [6, 6.07) is 4.75. The van der Waals surface area contributed by atoms with Crippen LogP contribution >= 0.6 is 0 Å².